The number of aromatic nitrogens is 4. The highest BCUT2D eigenvalue weighted by Gasteiger charge is 2.23. The molecule has 0 aliphatic carbocycles. The van der Waals surface area contributed by atoms with E-state index in [1.54, 1.807) is 27.2 Å². The molecule has 5 heterocycles. The van der Waals surface area contributed by atoms with Crippen molar-refractivity contribution in [1.82, 2.24) is 24.7 Å². The third kappa shape index (κ3) is 3.53. The molecule has 0 bridgehead atoms. The van der Waals surface area contributed by atoms with Crippen molar-refractivity contribution in [3.05, 3.63) is 51.3 Å². The van der Waals surface area contributed by atoms with Crippen molar-refractivity contribution >= 4 is 34.1 Å². The Morgan fingerprint density at radius 1 is 1.11 bits per heavy atom. The van der Waals surface area contributed by atoms with Crippen molar-refractivity contribution in [1.29, 1.82) is 0 Å². The van der Waals surface area contributed by atoms with E-state index in [1.807, 2.05) is 23.6 Å². The number of fused-ring (bicyclic) bond motifs is 1. The van der Waals surface area contributed by atoms with E-state index in [2.05, 4.69) is 43.3 Å². The van der Waals surface area contributed by atoms with Crippen LogP contribution in [0.5, 0.6) is 0 Å². The standard InChI is InChI=1S/C19H20N6OS2/c1-2-16(28-10-1)15(24-6-8-26-9-7-24)12-20-17-3-4-18-21-22-19(25(18)23-17)14-5-11-27-13-14/h1-5,10-11,13,15H,6-9,12H2,(H,20,23). The first-order valence-corrected chi connectivity index (χ1v) is 11.0. The van der Waals surface area contributed by atoms with E-state index in [-0.39, 0.29) is 0 Å². The SMILES string of the molecule is c1csc(C(CNc2ccc3nnc(-c4ccsc4)n3n2)N2CCOCC2)c1. The quantitative estimate of drug-likeness (QED) is 0.524. The highest BCUT2D eigenvalue weighted by atomic mass is 32.1. The average Bonchev–Trinajstić information content (AvgIpc) is 3.50. The molecule has 1 N–H and O–H groups in total. The molecule has 4 aromatic heterocycles. The van der Waals surface area contributed by atoms with Gasteiger partial charge < -0.3 is 10.1 Å². The summed E-state index contributed by atoms with van der Waals surface area (Å²) in [6.07, 6.45) is 0. The minimum absolute atomic E-state index is 0.304. The maximum Gasteiger partial charge on any atom is 0.186 e. The predicted octanol–water partition coefficient (Wildman–Crippen LogP) is 3.40. The third-order valence-corrected chi connectivity index (χ3v) is 6.53. The van der Waals surface area contributed by atoms with E-state index in [1.165, 1.54) is 4.88 Å². The molecular weight excluding hydrogens is 392 g/mol. The Morgan fingerprint density at radius 2 is 2.04 bits per heavy atom. The smallest absolute Gasteiger partial charge is 0.186 e. The van der Waals surface area contributed by atoms with Crippen LogP contribution in [0.25, 0.3) is 17.0 Å². The van der Waals surface area contributed by atoms with E-state index < -0.39 is 0 Å². The van der Waals surface area contributed by atoms with Gasteiger partial charge >= 0.3 is 0 Å². The number of nitrogens with zero attached hydrogens (tertiary/aromatic N) is 5. The molecule has 4 aromatic rings. The number of ether oxygens (including phenoxy) is 1. The molecule has 0 amide bonds. The van der Waals surface area contributed by atoms with Crippen LogP contribution in [0, 0.1) is 0 Å². The lowest BCUT2D eigenvalue weighted by Crippen LogP contribution is -2.41. The van der Waals surface area contributed by atoms with Crippen LogP contribution in [0.1, 0.15) is 10.9 Å². The molecule has 0 radical (unpaired) electrons. The van der Waals surface area contributed by atoms with E-state index in [4.69, 9.17) is 9.84 Å². The molecule has 1 fully saturated rings. The van der Waals surface area contributed by atoms with Gasteiger partial charge in [-0.25, -0.2) is 0 Å². The lowest BCUT2D eigenvalue weighted by atomic mass is 10.2. The number of morpholine rings is 1. The first-order valence-electron chi connectivity index (χ1n) is 9.22. The van der Waals surface area contributed by atoms with E-state index in [9.17, 15) is 0 Å². The molecule has 7 nitrogen and oxygen atoms in total. The van der Waals surface area contributed by atoms with Gasteiger partial charge in [-0.2, -0.15) is 15.9 Å². The number of nitrogens with one attached hydrogen (secondary N) is 1. The molecule has 1 atom stereocenters. The van der Waals surface area contributed by atoms with Crippen molar-refractivity contribution in [2.75, 3.05) is 38.2 Å². The van der Waals surface area contributed by atoms with E-state index in [0.717, 1.165) is 55.7 Å². The third-order valence-electron chi connectivity index (χ3n) is 4.88. The molecule has 0 aromatic carbocycles. The summed E-state index contributed by atoms with van der Waals surface area (Å²) in [5.41, 5.74) is 1.78. The molecule has 1 aliphatic rings. The van der Waals surface area contributed by atoms with E-state index in [0.29, 0.717) is 6.04 Å². The van der Waals surface area contributed by atoms with Crippen LogP contribution >= 0.6 is 22.7 Å². The second-order valence-corrected chi connectivity index (χ2v) is 8.34. The molecule has 1 unspecified atom stereocenters. The minimum atomic E-state index is 0.304. The van der Waals surface area contributed by atoms with Gasteiger partial charge in [-0.3, -0.25) is 4.90 Å². The Morgan fingerprint density at radius 3 is 2.82 bits per heavy atom. The van der Waals surface area contributed by atoms with Gasteiger partial charge in [-0.15, -0.1) is 26.6 Å². The zero-order valence-electron chi connectivity index (χ0n) is 15.2. The second kappa shape index (κ2) is 7.96. The van der Waals surface area contributed by atoms with E-state index >= 15 is 0 Å². The van der Waals surface area contributed by atoms with Crippen LogP contribution in [0.15, 0.2) is 46.5 Å². The van der Waals surface area contributed by atoms with Crippen molar-refractivity contribution in [3.8, 4) is 11.4 Å². The van der Waals surface area contributed by atoms with Crippen molar-refractivity contribution in [2.45, 2.75) is 6.04 Å². The van der Waals surface area contributed by atoms with Gasteiger partial charge in [-0.1, -0.05) is 6.07 Å². The van der Waals surface area contributed by atoms with Crippen LogP contribution in [-0.4, -0.2) is 57.6 Å². The topological polar surface area (TPSA) is 67.6 Å². The second-order valence-electron chi connectivity index (χ2n) is 6.58. The first-order chi connectivity index (χ1) is 13.9. The highest BCUT2D eigenvalue weighted by molar-refractivity contribution is 7.10. The van der Waals surface area contributed by atoms with Gasteiger partial charge in [0.05, 0.1) is 19.3 Å². The Labute approximate surface area is 170 Å². The van der Waals surface area contributed by atoms with Crippen LogP contribution in [0.4, 0.5) is 5.82 Å². The molecule has 144 valence electrons. The van der Waals surface area contributed by atoms with Gasteiger partial charge in [0.15, 0.2) is 11.5 Å². The fraction of sp³-hybridized carbons (Fsp3) is 0.316. The minimum Gasteiger partial charge on any atom is -0.379 e. The molecule has 0 saturated carbocycles. The van der Waals surface area contributed by atoms with Gasteiger partial charge in [0.25, 0.3) is 0 Å². The molecule has 5 rings (SSSR count). The number of rotatable bonds is 6. The Kier molecular flexibility index (Phi) is 5.05. The molecule has 1 aliphatic heterocycles. The van der Waals surface area contributed by atoms with Crippen LogP contribution in [0.3, 0.4) is 0 Å². The molecule has 9 heteroatoms. The van der Waals surface area contributed by atoms with Crippen molar-refractivity contribution in [2.24, 2.45) is 0 Å². The van der Waals surface area contributed by atoms with Crippen molar-refractivity contribution in [3.63, 3.8) is 0 Å². The van der Waals surface area contributed by atoms with Gasteiger partial charge in [0.1, 0.15) is 5.82 Å². The summed E-state index contributed by atoms with van der Waals surface area (Å²) in [4.78, 5) is 3.84. The van der Waals surface area contributed by atoms with Gasteiger partial charge in [0, 0.05) is 35.5 Å². The van der Waals surface area contributed by atoms with Crippen molar-refractivity contribution < 1.29 is 4.74 Å². The zero-order chi connectivity index (χ0) is 18.8. The number of anilines is 1. The first kappa shape index (κ1) is 17.7. The zero-order valence-corrected chi connectivity index (χ0v) is 16.8. The summed E-state index contributed by atoms with van der Waals surface area (Å²) in [6, 6.07) is 10.6. The molecular formula is C19H20N6OS2. The summed E-state index contributed by atoms with van der Waals surface area (Å²) in [5.74, 6) is 1.58. The average molecular weight is 413 g/mol. The number of hydrogen-bond acceptors (Lipinski definition) is 8. The lowest BCUT2D eigenvalue weighted by Gasteiger charge is -2.34. The Balaban J connectivity index is 1.38. The normalized spacial score (nSPS) is 16.4. The Hall–Kier alpha value is -2.33. The van der Waals surface area contributed by atoms with Crippen LogP contribution in [-0.2, 0) is 4.74 Å². The monoisotopic (exact) mass is 412 g/mol. The predicted molar refractivity (Wildman–Crippen MR) is 112 cm³/mol. The summed E-state index contributed by atoms with van der Waals surface area (Å²) in [7, 11) is 0. The molecule has 1 saturated heterocycles. The fourth-order valence-corrected chi connectivity index (χ4v) is 4.93. The largest absolute Gasteiger partial charge is 0.379 e. The highest BCUT2D eigenvalue weighted by Crippen LogP contribution is 2.27. The van der Waals surface area contributed by atoms with Crippen LogP contribution in [0.2, 0.25) is 0 Å². The summed E-state index contributed by atoms with van der Waals surface area (Å²) < 4.78 is 7.34. The molecule has 0 spiro atoms. The number of thiophene rings is 2. The summed E-state index contributed by atoms with van der Waals surface area (Å²) in [5, 5.41) is 23.0. The fourth-order valence-electron chi connectivity index (χ4n) is 3.44. The summed E-state index contributed by atoms with van der Waals surface area (Å²) in [6.45, 7) is 4.26. The maximum absolute atomic E-state index is 5.53. The van der Waals surface area contributed by atoms with Gasteiger partial charge in [-0.05, 0) is 35.0 Å². The lowest BCUT2D eigenvalue weighted by molar-refractivity contribution is 0.0194. The van der Waals surface area contributed by atoms with Crippen LogP contribution < -0.4 is 5.32 Å². The maximum atomic E-state index is 5.53. The Bertz CT molecular complexity index is 1020. The summed E-state index contributed by atoms with van der Waals surface area (Å²) >= 11 is 3.44. The van der Waals surface area contributed by atoms with Gasteiger partial charge in [0.2, 0.25) is 0 Å². The number of hydrogen-bond donors (Lipinski definition) is 1. The molecule has 28 heavy (non-hydrogen) atoms.